The summed E-state index contributed by atoms with van der Waals surface area (Å²) in [5.41, 5.74) is 11.7. The number of primary amides is 1. The molecule has 5 nitrogen and oxygen atoms in total. The van der Waals surface area contributed by atoms with E-state index in [4.69, 9.17) is 16.2 Å². The molecule has 18 heavy (non-hydrogen) atoms. The number of carbonyl (C=O) groups is 1. The fourth-order valence-electron chi connectivity index (χ4n) is 1.45. The van der Waals surface area contributed by atoms with Gasteiger partial charge in [0.05, 0.1) is 10.6 Å². The molecule has 0 saturated carbocycles. The first kappa shape index (κ1) is 15.1. The number of hydrogen-bond donors (Lipinski definition) is 3. The first-order chi connectivity index (χ1) is 8.61. The largest absolute Gasteiger partial charge is 0.396 e. The first-order valence-electron chi connectivity index (χ1n) is 5.69. The van der Waals surface area contributed by atoms with Gasteiger partial charge in [0.15, 0.2) is 0 Å². The molecule has 0 bridgehead atoms. The van der Waals surface area contributed by atoms with E-state index >= 15 is 0 Å². The van der Waals surface area contributed by atoms with Gasteiger partial charge in [0.2, 0.25) is 0 Å². The highest BCUT2D eigenvalue weighted by atomic mass is 32.2. The molecule has 1 heterocycles. The van der Waals surface area contributed by atoms with E-state index in [0.29, 0.717) is 10.6 Å². The third-order valence-electron chi connectivity index (χ3n) is 2.28. The van der Waals surface area contributed by atoms with E-state index < -0.39 is 5.91 Å². The normalized spacial score (nSPS) is 10.6. The van der Waals surface area contributed by atoms with Gasteiger partial charge in [-0.1, -0.05) is 0 Å². The predicted octanol–water partition coefficient (Wildman–Crippen LogP) is 1.99. The Labute approximate surface area is 115 Å². The first-order valence-corrected chi connectivity index (χ1v) is 7.73. The summed E-state index contributed by atoms with van der Waals surface area (Å²) in [6.07, 6.45) is 2.83. The van der Waals surface area contributed by atoms with Gasteiger partial charge in [-0.15, -0.1) is 23.1 Å². The molecule has 1 amide bonds. The SMILES string of the molecule is CCOCCCNc1sc(C(N)=O)c(N)c1SC. The van der Waals surface area contributed by atoms with E-state index in [0.717, 1.165) is 36.1 Å². The molecule has 0 saturated heterocycles. The van der Waals surface area contributed by atoms with Crippen LogP contribution in [-0.4, -0.2) is 31.9 Å². The second-order valence-corrected chi connectivity index (χ2v) is 5.39. The number of anilines is 2. The molecule has 0 unspecified atom stereocenters. The highest BCUT2D eigenvalue weighted by Crippen LogP contribution is 2.41. The Hall–Kier alpha value is -0.920. The summed E-state index contributed by atoms with van der Waals surface area (Å²) in [4.78, 5) is 12.5. The highest BCUT2D eigenvalue weighted by molar-refractivity contribution is 7.99. The third-order valence-corrected chi connectivity index (χ3v) is 4.42. The summed E-state index contributed by atoms with van der Waals surface area (Å²) in [5.74, 6) is -0.477. The molecule has 1 aromatic rings. The molecule has 0 fully saturated rings. The number of nitrogen functional groups attached to an aromatic ring is 1. The van der Waals surface area contributed by atoms with Gasteiger partial charge in [-0.3, -0.25) is 4.79 Å². The van der Waals surface area contributed by atoms with Crippen LogP contribution in [0.1, 0.15) is 23.0 Å². The maximum Gasteiger partial charge on any atom is 0.261 e. The zero-order chi connectivity index (χ0) is 13.5. The van der Waals surface area contributed by atoms with E-state index in [2.05, 4.69) is 5.32 Å². The Kier molecular flexibility index (Phi) is 6.31. The molecule has 0 atom stereocenters. The molecule has 102 valence electrons. The fourth-order valence-corrected chi connectivity index (χ4v) is 3.36. The molecule has 1 rings (SSSR count). The smallest absolute Gasteiger partial charge is 0.261 e. The number of nitrogens with two attached hydrogens (primary N) is 2. The number of ether oxygens (including phenoxy) is 1. The topological polar surface area (TPSA) is 90.4 Å². The van der Waals surface area contributed by atoms with Crippen LogP contribution in [0.3, 0.4) is 0 Å². The quantitative estimate of drug-likeness (QED) is 0.503. The van der Waals surface area contributed by atoms with Crippen molar-refractivity contribution in [1.82, 2.24) is 0 Å². The van der Waals surface area contributed by atoms with E-state index in [9.17, 15) is 4.79 Å². The van der Waals surface area contributed by atoms with Crippen molar-refractivity contribution in [2.45, 2.75) is 18.2 Å². The van der Waals surface area contributed by atoms with Gasteiger partial charge in [-0.2, -0.15) is 0 Å². The Morgan fingerprint density at radius 1 is 1.56 bits per heavy atom. The van der Waals surface area contributed by atoms with E-state index in [-0.39, 0.29) is 0 Å². The molecule has 5 N–H and O–H groups in total. The molecule has 0 spiro atoms. The average Bonchev–Trinajstić information content (AvgIpc) is 2.65. The van der Waals surface area contributed by atoms with Crippen LogP contribution in [0.25, 0.3) is 0 Å². The van der Waals surface area contributed by atoms with Crippen molar-refractivity contribution in [3.8, 4) is 0 Å². The van der Waals surface area contributed by atoms with Crippen LogP contribution >= 0.6 is 23.1 Å². The number of thioether (sulfide) groups is 1. The predicted molar refractivity (Wildman–Crippen MR) is 78.6 cm³/mol. The number of amides is 1. The minimum absolute atomic E-state index is 0.423. The number of nitrogens with one attached hydrogen (secondary N) is 1. The molecule has 0 aliphatic rings. The summed E-state index contributed by atoms with van der Waals surface area (Å²) in [5, 5.41) is 4.18. The molecular formula is C11H19N3O2S2. The van der Waals surface area contributed by atoms with Crippen LogP contribution in [-0.2, 0) is 4.74 Å². The number of carbonyl (C=O) groups excluding carboxylic acids is 1. The van der Waals surface area contributed by atoms with Crippen LogP contribution in [0.15, 0.2) is 4.90 Å². The summed E-state index contributed by atoms with van der Waals surface area (Å²) in [6.45, 7) is 4.21. The molecular weight excluding hydrogens is 270 g/mol. The Bertz CT molecular complexity index is 407. The van der Waals surface area contributed by atoms with Crippen LogP contribution in [0.4, 0.5) is 10.7 Å². The number of thiophene rings is 1. The molecule has 0 aromatic carbocycles. The second kappa shape index (κ2) is 7.50. The minimum Gasteiger partial charge on any atom is -0.396 e. The van der Waals surface area contributed by atoms with Crippen LogP contribution in [0.5, 0.6) is 0 Å². The van der Waals surface area contributed by atoms with E-state index in [1.807, 2.05) is 13.2 Å². The highest BCUT2D eigenvalue weighted by Gasteiger charge is 2.18. The van der Waals surface area contributed by atoms with E-state index in [1.165, 1.54) is 23.1 Å². The van der Waals surface area contributed by atoms with Crippen molar-refractivity contribution in [3.05, 3.63) is 4.88 Å². The summed E-state index contributed by atoms with van der Waals surface area (Å²) >= 11 is 2.82. The zero-order valence-electron chi connectivity index (χ0n) is 10.6. The van der Waals surface area contributed by atoms with Crippen molar-refractivity contribution in [1.29, 1.82) is 0 Å². The lowest BCUT2D eigenvalue weighted by atomic mass is 10.4. The second-order valence-electron chi connectivity index (χ2n) is 3.55. The standard InChI is InChI=1S/C11H19N3O2S2/c1-3-16-6-4-5-14-11-9(17-2)7(12)8(18-11)10(13)15/h14H,3-6,12H2,1-2H3,(H2,13,15). The van der Waals surface area contributed by atoms with Crippen molar-refractivity contribution >= 4 is 39.7 Å². The van der Waals surface area contributed by atoms with Crippen LogP contribution < -0.4 is 16.8 Å². The minimum atomic E-state index is -0.477. The summed E-state index contributed by atoms with van der Waals surface area (Å²) in [7, 11) is 0. The van der Waals surface area contributed by atoms with Gasteiger partial charge in [0.1, 0.15) is 9.88 Å². The maximum absolute atomic E-state index is 11.2. The lowest BCUT2D eigenvalue weighted by molar-refractivity contribution is 0.100. The van der Waals surface area contributed by atoms with Crippen molar-refractivity contribution in [2.24, 2.45) is 5.73 Å². The Morgan fingerprint density at radius 3 is 2.83 bits per heavy atom. The Morgan fingerprint density at radius 2 is 2.28 bits per heavy atom. The van der Waals surface area contributed by atoms with Gasteiger partial charge in [0.25, 0.3) is 5.91 Å². The van der Waals surface area contributed by atoms with Gasteiger partial charge in [-0.05, 0) is 19.6 Å². The monoisotopic (exact) mass is 289 g/mol. The molecule has 0 radical (unpaired) electrons. The lowest BCUT2D eigenvalue weighted by Gasteiger charge is -2.06. The van der Waals surface area contributed by atoms with Gasteiger partial charge in [0, 0.05) is 19.8 Å². The van der Waals surface area contributed by atoms with Crippen LogP contribution in [0, 0.1) is 0 Å². The summed E-state index contributed by atoms with van der Waals surface area (Å²) < 4.78 is 5.25. The van der Waals surface area contributed by atoms with E-state index in [1.54, 1.807) is 0 Å². The van der Waals surface area contributed by atoms with Gasteiger partial charge < -0.3 is 21.5 Å². The fraction of sp³-hybridized carbons (Fsp3) is 0.545. The maximum atomic E-state index is 11.2. The van der Waals surface area contributed by atoms with Crippen molar-refractivity contribution in [2.75, 3.05) is 37.1 Å². The molecule has 7 heteroatoms. The molecule has 1 aromatic heterocycles. The lowest BCUT2D eigenvalue weighted by Crippen LogP contribution is -2.10. The number of hydrogen-bond acceptors (Lipinski definition) is 6. The average molecular weight is 289 g/mol. The molecule has 0 aliphatic heterocycles. The van der Waals surface area contributed by atoms with Crippen LogP contribution in [0.2, 0.25) is 0 Å². The molecule has 0 aliphatic carbocycles. The van der Waals surface area contributed by atoms with Crippen molar-refractivity contribution in [3.63, 3.8) is 0 Å². The van der Waals surface area contributed by atoms with Crippen molar-refractivity contribution < 1.29 is 9.53 Å². The van der Waals surface area contributed by atoms with Gasteiger partial charge >= 0.3 is 0 Å². The van der Waals surface area contributed by atoms with Gasteiger partial charge in [-0.25, -0.2) is 0 Å². The zero-order valence-corrected chi connectivity index (χ0v) is 12.2. The summed E-state index contributed by atoms with van der Waals surface area (Å²) in [6, 6.07) is 0. The third kappa shape index (κ3) is 3.79. The Balaban J connectivity index is 2.64. The number of rotatable bonds is 8.